The maximum absolute atomic E-state index is 4.28. The number of aliphatic imine (C=N–C) groups is 1. The number of guanidine groups is 1. The molecule has 0 aliphatic carbocycles. The number of rotatable bonds is 3. The lowest BCUT2D eigenvalue weighted by atomic mass is 10.0. The van der Waals surface area contributed by atoms with E-state index >= 15 is 0 Å². The Morgan fingerprint density at radius 2 is 2.06 bits per heavy atom. The Morgan fingerprint density at radius 3 is 2.61 bits per heavy atom. The number of hydrogen-bond donors (Lipinski definition) is 2. The van der Waals surface area contributed by atoms with Gasteiger partial charge in [0.15, 0.2) is 5.96 Å². The molecule has 1 aliphatic heterocycles. The molecule has 0 aromatic heterocycles. The monoisotopic (exact) mass is 254 g/mol. The molecule has 0 aromatic rings. The predicted octanol–water partition coefficient (Wildman–Crippen LogP) is 1.82. The van der Waals surface area contributed by atoms with Gasteiger partial charge in [-0.15, -0.1) is 0 Å². The van der Waals surface area contributed by atoms with Crippen LogP contribution in [0, 0.1) is 0 Å². The van der Waals surface area contributed by atoms with E-state index in [0.717, 1.165) is 19.0 Å². The number of likely N-dealkylation sites (tertiary alicyclic amines) is 1. The molecule has 4 heteroatoms. The third-order valence-corrected chi connectivity index (χ3v) is 3.38. The number of hydrogen-bond acceptors (Lipinski definition) is 2. The fourth-order valence-corrected chi connectivity index (χ4v) is 2.46. The summed E-state index contributed by atoms with van der Waals surface area (Å²) < 4.78 is 0. The van der Waals surface area contributed by atoms with Crippen molar-refractivity contribution in [1.82, 2.24) is 15.5 Å². The van der Waals surface area contributed by atoms with Gasteiger partial charge in [0, 0.05) is 25.2 Å². The summed E-state index contributed by atoms with van der Waals surface area (Å²) in [5.74, 6) is 0.907. The van der Waals surface area contributed by atoms with E-state index in [-0.39, 0.29) is 5.54 Å². The third-order valence-electron chi connectivity index (χ3n) is 3.38. The summed E-state index contributed by atoms with van der Waals surface area (Å²) in [6.07, 6.45) is 4.00. The molecule has 0 aromatic carbocycles. The normalized spacial score (nSPS) is 22.9. The Hall–Kier alpha value is -0.770. The van der Waals surface area contributed by atoms with Crippen molar-refractivity contribution in [2.24, 2.45) is 4.99 Å². The lowest BCUT2D eigenvalue weighted by Gasteiger charge is -2.35. The quantitative estimate of drug-likeness (QED) is 0.596. The zero-order valence-corrected chi connectivity index (χ0v) is 12.7. The number of likely N-dealkylation sites (N-methyl/N-ethyl adjacent to an activating group) is 1. The average molecular weight is 254 g/mol. The first kappa shape index (κ1) is 15.3. The van der Waals surface area contributed by atoms with Crippen LogP contribution in [0.4, 0.5) is 0 Å². The van der Waals surface area contributed by atoms with Gasteiger partial charge in [-0.25, -0.2) is 0 Å². The van der Waals surface area contributed by atoms with Crippen molar-refractivity contribution in [3.05, 3.63) is 0 Å². The van der Waals surface area contributed by atoms with Gasteiger partial charge >= 0.3 is 0 Å². The van der Waals surface area contributed by atoms with Gasteiger partial charge in [-0.05, 0) is 46.7 Å². The number of nitrogens with one attached hydrogen (secondary N) is 2. The first-order valence-electron chi connectivity index (χ1n) is 7.19. The van der Waals surface area contributed by atoms with Gasteiger partial charge in [0.1, 0.15) is 0 Å². The molecule has 0 bridgehead atoms. The van der Waals surface area contributed by atoms with E-state index in [4.69, 9.17) is 0 Å². The summed E-state index contributed by atoms with van der Waals surface area (Å²) in [4.78, 5) is 6.85. The zero-order chi connectivity index (χ0) is 13.6. The van der Waals surface area contributed by atoms with E-state index in [2.05, 4.69) is 48.2 Å². The molecule has 4 nitrogen and oxygen atoms in total. The third kappa shape index (κ3) is 5.25. The standard InChI is InChI=1S/C14H30N4/c1-6-18-10-8-7-9-12(18)11-16-13(15-5)17-14(2,3)4/h12H,6-11H2,1-5H3,(H2,15,16,17). The highest BCUT2D eigenvalue weighted by Crippen LogP contribution is 2.15. The van der Waals surface area contributed by atoms with Crippen molar-refractivity contribution in [3.63, 3.8) is 0 Å². The van der Waals surface area contributed by atoms with Crippen LogP contribution in [-0.2, 0) is 0 Å². The second-order valence-electron chi connectivity index (χ2n) is 6.11. The van der Waals surface area contributed by atoms with Crippen LogP contribution in [-0.4, -0.2) is 49.1 Å². The minimum Gasteiger partial charge on any atom is -0.355 e. The maximum atomic E-state index is 4.28. The zero-order valence-electron chi connectivity index (χ0n) is 12.7. The molecule has 0 saturated carbocycles. The Bertz CT molecular complexity index is 267. The van der Waals surface area contributed by atoms with Crippen molar-refractivity contribution in [1.29, 1.82) is 0 Å². The molecule has 1 rings (SSSR count). The molecule has 1 saturated heterocycles. The first-order valence-corrected chi connectivity index (χ1v) is 7.19. The molecule has 1 heterocycles. The molecule has 0 spiro atoms. The highest BCUT2D eigenvalue weighted by Gasteiger charge is 2.21. The van der Waals surface area contributed by atoms with Crippen LogP contribution < -0.4 is 10.6 Å². The van der Waals surface area contributed by atoms with Crippen LogP contribution in [0.3, 0.4) is 0 Å². The molecule has 2 N–H and O–H groups in total. The molecule has 1 fully saturated rings. The highest BCUT2D eigenvalue weighted by molar-refractivity contribution is 5.80. The fraction of sp³-hybridized carbons (Fsp3) is 0.929. The van der Waals surface area contributed by atoms with Crippen LogP contribution in [0.1, 0.15) is 47.0 Å². The molecule has 18 heavy (non-hydrogen) atoms. The fourth-order valence-electron chi connectivity index (χ4n) is 2.46. The Kier molecular flexibility index (Phi) is 5.93. The Labute approximate surface area is 112 Å². The van der Waals surface area contributed by atoms with Crippen molar-refractivity contribution in [2.75, 3.05) is 26.7 Å². The van der Waals surface area contributed by atoms with E-state index in [1.807, 2.05) is 7.05 Å². The van der Waals surface area contributed by atoms with E-state index in [9.17, 15) is 0 Å². The first-order chi connectivity index (χ1) is 8.46. The van der Waals surface area contributed by atoms with Crippen molar-refractivity contribution in [3.8, 4) is 0 Å². The minimum atomic E-state index is 0.0544. The predicted molar refractivity (Wildman–Crippen MR) is 79.1 cm³/mol. The Balaban J connectivity index is 2.42. The summed E-state index contributed by atoms with van der Waals surface area (Å²) >= 11 is 0. The lowest BCUT2D eigenvalue weighted by molar-refractivity contribution is 0.157. The van der Waals surface area contributed by atoms with Crippen molar-refractivity contribution >= 4 is 5.96 Å². The minimum absolute atomic E-state index is 0.0544. The van der Waals surface area contributed by atoms with E-state index in [1.54, 1.807) is 0 Å². The summed E-state index contributed by atoms with van der Waals surface area (Å²) in [5.41, 5.74) is 0.0544. The van der Waals surface area contributed by atoms with Gasteiger partial charge in [-0.3, -0.25) is 9.89 Å². The van der Waals surface area contributed by atoms with E-state index in [1.165, 1.54) is 25.8 Å². The van der Waals surface area contributed by atoms with Crippen LogP contribution >= 0.6 is 0 Å². The van der Waals surface area contributed by atoms with Gasteiger partial charge in [0.05, 0.1) is 0 Å². The topological polar surface area (TPSA) is 39.7 Å². The highest BCUT2D eigenvalue weighted by atomic mass is 15.2. The largest absolute Gasteiger partial charge is 0.355 e. The van der Waals surface area contributed by atoms with Gasteiger partial charge in [0.2, 0.25) is 0 Å². The molecule has 0 radical (unpaired) electrons. The van der Waals surface area contributed by atoms with Crippen molar-refractivity contribution < 1.29 is 0 Å². The van der Waals surface area contributed by atoms with Crippen LogP contribution in [0.15, 0.2) is 4.99 Å². The van der Waals surface area contributed by atoms with Crippen LogP contribution in [0.25, 0.3) is 0 Å². The van der Waals surface area contributed by atoms with Crippen molar-refractivity contribution in [2.45, 2.75) is 58.5 Å². The molecular formula is C14H30N4. The Morgan fingerprint density at radius 1 is 1.33 bits per heavy atom. The molecule has 1 atom stereocenters. The molecular weight excluding hydrogens is 224 g/mol. The number of piperidine rings is 1. The molecule has 1 unspecified atom stereocenters. The second kappa shape index (κ2) is 6.98. The molecule has 1 aliphatic rings. The molecule has 106 valence electrons. The van der Waals surface area contributed by atoms with Gasteiger partial charge in [0.25, 0.3) is 0 Å². The van der Waals surface area contributed by atoms with Crippen LogP contribution in [0.5, 0.6) is 0 Å². The summed E-state index contributed by atoms with van der Waals surface area (Å²) in [7, 11) is 1.83. The van der Waals surface area contributed by atoms with E-state index < -0.39 is 0 Å². The molecule has 0 amide bonds. The van der Waals surface area contributed by atoms with Gasteiger partial charge < -0.3 is 10.6 Å². The SMILES string of the molecule is CCN1CCCCC1CNC(=NC)NC(C)(C)C. The maximum Gasteiger partial charge on any atom is 0.191 e. The second-order valence-corrected chi connectivity index (χ2v) is 6.11. The smallest absolute Gasteiger partial charge is 0.191 e. The number of nitrogens with zero attached hydrogens (tertiary/aromatic N) is 2. The van der Waals surface area contributed by atoms with E-state index in [0.29, 0.717) is 6.04 Å². The van der Waals surface area contributed by atoms with Gasteiger partial charge in [-0.1, -0.05) is 13.3 Å². The van der Waals surface area contributed by atoms with Crippen LogP contribution in [0.2, 0.25) is 0 Å². The average Bonchev–Trinajstić information content (AvgIpc) is 2.33. The summed E-state index contributed by atoms with van der Waals surface area (Å²) in [6, 6.07) is 0.655. The summed E-state index contributed by atoms with van der Waals surface area (Å²) in [5, 5.41) is 6.86. The summed E-state index contributed by atoms with van der Waals surface area (Å²) in [6.45, 7) is 12.1. The lowest BCUT2D eigenvalue weighted by Crippen LogP contribution is -2.52. The van der Waals surface area contributed by atoms with Gasteiger partial charge in [-0.2, -0.15) is 0 Å².